The smallest absolute Gasteiger partial charge is 0.318 e. The minimum absolute atomic E-state index is 0.123. The number of Topliss-reactive ketones (excluding diaryl/α,β-unsaturated/α-hetero) is 1. The van der Waals surface area contributed by atoms with Gasteiger partial charge < -0.3 is 9.64 Å². The van der Waals surface area contributed by atoms with Crippen molar-refractivity contribution in [1.29, 1.82) is 0 Å². The van der Waals surface area contributed by atoms with Gasteiger partial charge >= 0.3 is 5.97 Å². The van der Waals surface area contributed by atoms with E-state index in [2.05, 4.69) is 15.9 Å². The van der Waals surface area contributed by atoms with Crippen molar-refractivity contribution in [3.05, 3.63) is 69.2 Å². The Morgan fingerprint density at radius 1 is 1.00 bits per heavy atom. The van der Waals surface area contributed by atoms with E-state index in [-0.39, 0.29) is 11.7 Å². The molecule has 1 amide bonds. The van der Waals surface area contributed by atoms with Crippen molar-refractivity contribution >= 4 is 45.2 Å². The minimum Gasteiger partial charge on any atom is -0.468 e. The van der Waals surface area contributed by atoms with E-state index in [1.165, 1.54) is 7.11 Å². The predicted molar refractivity (Wildman–Crippen MR) is 132 cm³/mol. The largest absolute Gasteiger partial charge is 0.468 e. The van der Waals surface area contributed by atoms with Crippen LogP contribution in [0.3, 0.4) is 0 Å². The maximum Gasteiger partial charge on any atom is 0.318 e. The van der Waals surface area contributed by atoms with Gasteiger partial charge in [-0.3, -0.25) is 14.4 Å². The van der Waals surface area contributed by atoms with E-state index in [0.717, 1.165) is 29.3 Å². The molecule has 0 aliphatic carbocycles. The predicted octanol–water partition coefficient (Wildman–Crippen LogP) is 5.90. The molecule has 0 bridgehead atoms. The summed E-state index contributed by atoms with van der Waals surface area (Å²) >= 11 is 9.46. The molecule has 0 spiro atoms. The number of benzene rings is 2. The Morgan fingerprint density at radius 2 is 1.61 bits per heavy atom. The summed E-state index contributed by atoms with van der Waals surface area (Å²) < 4.78 is 6.00. The van der Waals surface area contributed by atoms with E-state index in [1.54, 1.807) is 29.2 Å². The van der Waals surface area contributed by atoms with Crippen molar-refractivity contribution in [2.45, 2.75) is 38.5 Å². The number of piperidine rings is 1. The fourth-order valence-corrected chi connectivity index (χ4v) is 5.00. The molecule has 176 valence electrons. The van der Waals surface area contributed by atoms with Crippen LogP contribution in [0.25, 0.3) is 0 Å². The summed E-state index contributed by atoms with van der Waals surface area (Å²) in [7, 11) is 1.29. The first kappa shape index (κ1) is 25.4. The molecule has 0 radical (unpaired) electrons. The highest BCUT2D eigenvalue weighted by molar-refractivity contribution is 9.10. The van der Waals surface area contributed by atoms with Gasteiger partial charge in [-0.2, -0.15) is 0 Å². The highest BCUT2D eigenvalue weighted by atomic mass is 79.9. The Labute approximate surface area is 208 Å². The van der Waals surface area contributed by atoms with Gasteiger partial charge in [0.25, 0.3) is 0 Å². The molecule has 33 heavy (non-hydrogen) atoms. The topological polar surface area (TPSA) is 63.7 Å². The normalized spacial score (nSPS) is 16.5. The van der Waals surface area contributed by atoms with Gasteiger partial charge in [0.1, 0.15) is 5.92 Å². The van der Waals surface area contributed by atoms with Crippen LogP contribution in [0, 0.1) is 11.8 Å². The van der Waals surface area contributed by atoms with Crippen LogP contribution in [-0.4, -0.2) is 42.8 Å². The first-order valence-corrected chi connectivity index (χ1v) is 12.5. The molecule has 1 heterocycles. The monoisotopic (exact) mass is 533 g/mol. The number of esters is 1. The number of carbonyl (C=O) groups is 3. The average Bonchev–Trinajstić information content (AvgIpc) is 2.84. The van der Waals surface area contributed by atoms with Crippen LogP contribution in [0.1, 0.15) is 54.4 Å². The minimum atomic E-state index is -1.10. The number of ether oxygens (including phenoxy) is 1. The molecule has 0 aromatic heterocycles. The van der Waals surface area contributed by atoms with E-state index < -0.39 is 23.7 Å². The molecule has 1 aliphatic heterocycles. The number of halogens is 2. The van der Waals surface area contributed by atoms with Crippen LogP contribution in [0.2, 0.25) is 5.02 Å². The molecule has 1 aliphatic rings. The fourth-order valence-electron chi connectivity index (χ4n) is 4.61. The molecular weight excluding hydrogens is 506 g/mol. The second-order valence-electron chi connectivity index (χ2n) is 8.35. The lowest BCUT2D eigenvalue weighted by Crippen LogP contribution is -2.47. The van der Waals surface area contributed by atoms with Crippen LogP contribution in [-0.2, 0) is 14.3 Å². The molecule has 1 saturated heterocycles. The van der Waals surface area contributed by atoms with E-state index in [0.29, 0.717) is 30.1 Å². The average molecular weight is 535 g/mol. The molecule has 5 nitrogen and oxygen atoms in total. The molecule has 7 heteroatoms. The van der Waals surface area contributed by atoms with Gasteiger partial charge in [-0.25, -0.2) is 0 Å². The van der Waals surface area contributed by atoms with Crippen molar-refractivity contribution in [3.63, 3.8) is 0 Å². The van der Waals surface area contributed by atoms with Crippen LogP contribution in [0.15, 0.2) is 53.0 Å². The van der Waals surface area contributed by atoms with E-state index in [9.17, 15) is 14.4 Å². The Hall–Kier alpha value is -2.18. The second kappa shape index (κ2) is 11.8. The highest BCUT2D eigenvalue weighted by Crippen LogP contribution is 2.39. The van der Waals surface area contributed by atoms with Gasteiger partial charge in [0.2, 0.25) is 5.91 Å². The van der Waals surface area contributed by atoms with E-state index in [4.69, 9.17) is 16.3 Å². The lowest BCUT2D eigenvalue weighted by molar-refractivity contribution is -0.155. The van der Waals surface area contributed by atoms with Crippen LogP contribution < -0.4 is 0 Å². The molecule has 0 saturated carbocycles. The third-order valence-electron chi connectivity index (χ3n) is 6.34. The number of methoxy groups -OCH3 is 1. The van der Waals surface area contributed by atoms with Crippen molar-refractivity contribution in [2.75, 3.05) is 20.2 Å². The summed E-state index contributed by atoms with van der Waals surface area (Å²) in [4.78, 5) is 42.2. The van der Waals surface area contributed by atoms with Crippen LogP contribution >= 0.6 is 27.5 Å². The third kappa shape index (κ3) is 6.04. The molecule has 1 fully saturated rings. The SMILES string of the molecule is CC[C@@H](C(=O)c1ccc(Cl)cc1)[C@H](c1ccc(Br)cc1)[C@H](C(=O)OC)C(=O)N1CCCCC1. The lowest BCUT2D eigenvalue weighted by Gasteiger charge is -2.35. The molecule has 0 N–H and O–H groups in total. The fraction of sp³-hybridized carbons (Fsp3) is 0.423. The summed E-state index contributed by atoms with van der Waals surface area (Å²) in [5, 5.41) is 0.539. The highest BCUT2D eigenvalue weighted by Gasteiger charge is 2.45. The van der Waals surface area contributed by atoms with Gasteiger partial charge in [-0.05, 0) is 67.6 Å². The van der Waals surface area contributed by atoms with Crippen molar-refractivity contribution < 1.29 is 19.1 Å². The van der Waals surface area contributed by atoms with Gasteiger partial charge in [0.05, 0.1) is 7.11 Å². The van der Waals surface area contributed by atoms with Crippen molar-refractivity contribution in [1.82, 2.24) is 4.90 Å². The lowest BCUT2D eigenvalue weighted by atomic mass is 9.72. The maximum absolute atomic E-state index is 13.7. The van der Waals surface area contributed by atoms with Gasteiger partial charge in [0, 0.05) is 40.0 Å². The summed E-state index contributed by atoms with van der Waals surface area (Å²) in [6.45, 7) is 3.13. The molecule has 3 atom stereocenters. The summed E-state index contributed by atoms with van der Waals surface area (Å²) in [5.74, 6) is -3.35. The number of hydrogen-bond acceptors (Lipinski definition) is 4. The Bertz CT molecular complexity index is 971. The zero-order chi connectivity index (χ0) is 24.0. The molecule has 3 rings (SSSR count). The number of rotatable bonds is 8. The zero-order valence-corrected chi connectivity index (χ0v) is 21.3. The second-order valence-corrected chi connectivity index (χ2v) is 9.70. The molecule has 2 aromatic rings. The summed E-state index contributed by atoms with van der Waals surface area (Å²) in [6, 6.07) is 14.2. The van der Waals surface area contributed by atoms with Crippen molar-refractivity contribution in [2.24, 2.45) is 11.8 Å². The molecular formula is C26H29BrClNO4. The maximum atomic E-state index is 13.7. The zero-order valence-electron chi connectivity index (χ0n) is 18.9. The van der Waals surface area contributed by atoms with E-state index >= 15 is 0 Å². The number of likely N-dealkylation sites (tertiary alicyclic amines) is 1. The van der Waals surface area contributed by atoms with Crippen molar-refractivity contribution in [3.8, 4) is 0 Å². The van der Waals surface area contributed by atoms with Crippen LogP contribution in [0.5, 0.6) is 0 Å². The summed E-state index contributed by atoms with van der Waals surface area (Å²) in [5.41, 5.74) is 1.26. The quantitative estimate of drug-likeness (QED) is 0.240. The Kier molecular flexibility index (Phi) is 9.10. The van der Waals surface area contributed by atoms with E-state index in [1.807, 2.05) is 31.2 Å². The standard InChI is InChI=1S/C26H29BrClNO4/c1-3-21(24(30)18-9-13-20(28)14-10-18)22(17-7-11-19(27)12-8-17)23(26(32)33-2)25(31)29-15-5-4-6-16-29/h7-14,21-23H,3-6,15-16H2,1-2H3/t21-,22+,23+/m1/s1. The number of nitrogens with zero attached hydrogens (tertiary/aromatic N) is 1. The first-order valence-electron chi connectivity index (χ1n) is 11.3. The van der Waals surface area contributed by atoms with Gasteiger partial charge in [-0.15, -0.1) is 0 Å². The molecule has 0 unspecified atom stereocenters. The van der Waals surface area contributed by atoms with Crippen LogP contribution in [0.4, 0.5) is 0 Å². The van der Waals surface area contributed by atoms with Gasteiger partial charge in [-0.1, -0.05) is 46.6 Å². The number of ketones is 1. The summed E-state index contributed by atoms with van der Waals surface area (Å²) in [6.07, 6.45) is 3.34. The Balaban J connectivity index is 2.09. The third-order valence-corrected chi connectivity index (χ3v) is 7.12. The number of carbonyl (C=O) groups excluding carboxylic acids is 3. The number of hydrogen-bond donors (Lipinski definition) is 0. The Morgan fingerprint density at radius 3 is 2.15 bits per heavy atom. The molecule has 2 aromatic carbocycles. The number of amides is 1. The first-order chi connectivity index (χ1) is 15.9. The van der Waals surface area contributed by atoms with Gasteiger partial charge in [0.15, 0.2) is 5.78 Å².